The van der Waals surface area contributed by atoms with E-state index in [0.29, 0.717) is 0 Å². The van der Waals surface area contributed by atoms with Gasteiger partial charge >= 0.3 is 0 Å². The van der Waals surface area contributed by atoms with Crippen molar-refractivity contribution in [2.75, 3.05) is 6.54 Å². The van der Waals surface area contributed by atoms with Crippen LogP contribution in [0.15, 0.2) is 0 Å². The van der Waals surface area contributed by atoms with E-state index in [1.165, 1.54) is 32.1 Å². The Morgan fingerprint density at radius 1 is 1.31 bits per heavy atom. The fourth-order valence-electron chi connectivity index (χ4n) is 2.23. The number of amides is 1. The van der Waals surface area contributed by atoms with Crippen molar-refractivity contribution in [2.24, 2.45) is 5.41 Å². The van der Waals surface area contributed by atoms with Gasteiger partial charge in [-0.1, -0.05) is 26.2 Å². The Balaban J connectivity index is 2.36. The predicted molar refractivity (Wildman–Crippen MR) is 54.5 cm³/mol. The first-order chi connectivity index (χ1) is 6.16. The minimum absolute atomic E-state index is 0.229. The molecule has 0 unspecified atom stereocenters. The second-order valence-corrected chi connectivity index (χ2v) is 4.50. The summed E-state index contributed by atoms with van der Waals surface area (Å²) >= 11 is 0. The zero-order valence-corrected chi connectivity index (χ0v) is 8.86. The zero-order valence-electron chi connectivity index (χ0n) is 8.86. The Kier molecular flexibility index (Phi) is 3.76. The first-order valence-electron chi connectivity index (χ1n) is 5.43. The molecule has 13 heavy (non-hydrogen) atoms. The molecule has 0 aromatic heterocycles. The molecule has 0 radical (unpaired) electrons. The maximum absolute atomic E-state index is 11.4. The number of hydrogen-bond donors (Lipinski definition) is 1. The molecule has 1 rings (SSSR count). The lowest BCUT2D eigenvalue weighted by atomic mass is 9.73. The Bertz CT molecular complexity index is 171. The van der Waals surface area contributed by atoms with Gasteiger partial charge in [0.25, 0.3) is 0 Å². The SMILES string of the molecule is CCNC(=O)CC1(C)CCCCC1. The summed E-state index contributed by atoms with van der Waals surface area (Å²) in [7, 11) is 0. The fraction of sp³-hybridized carbons (Fsp3) is 0.909. The Hall–Kier alpha value is -0.530. The molecule has 1 aliphatic rings. The van der Waals surface area contributed by atoms with Crippen molar-refractivity contribution in [2.45, 2.75) is 52.4 Å². The van der Waals surface area contributed by atoms with Crippen molar-refractivity contribution >= 4 is 5.91 Å². The molecule has 0 aromatic rings. The van der Waals surface area contributed by atoms with E-state index in [2.05, 4.69) is 12.2 Å². The topological polar surface area (TPSA) is 29.1 Å². The van der Waals surface area contributed by atoms with Crippen LogP contribution < -0.4 is 5.32 Å². The van der Waals surface area contributed by atoms with E-state index in [0.717, 1.165) is 13.0 Å². The van der Waals surface area contributed by atoms with Crippen molar-refractivity contribution in [3.63, 3.8) is 0 Å². The van der Waals surface area contributed by atoms with E-state index < -0.39 is 0 Å². The fourth-order valence-corrected chi connectivity index (χ4v) is 2.23. The number of nitrogens with one attached hydrogen (secondary N) is 1. The smallest absolute Gasteiger partial charge is 0.220 e. The molecule has 0 saturated heterocycles. The Labute approximate surface area is 81.1 Å². The van der Waals surface area contributed by atoms with E-state index in [-0.39, 0.29) is 11.3 Å². The minimum Gasteiger partial charge on any atom is -0.356 e. The van der Waals surface area contributed by atoms with Gasteiger partial charge in [-0.3, -0.25) is 4.79 Å². The third-order valence-electron chi connectivity index (χ3n) is 3.02. The van der Waals surface area contributed by atoms with E-state index in [1.807, 2.05) is 6.92 Å². The molecule has 1 aliphatic carbocycles. The van der Waals surface area contributed by atoms with E-state index >= 15 is 0 Å². The third kappa shape index (κ3) is 3.37. The lowest BCUT2D eigenvalue weighted by molar-refractivity contribution is -0.123. The monoisotopic (exact) mass is 183 g/mol. The van der Waals surface area contributed by atoms with Crippen LogP contribution in [0.3, 0.4) is 0 Å². The minimum atomic E-state index is 0.229. The van der Waals surface area contributed by atoms with Crippen molar-refractivity contribution in [3.05, 3.63) is 0 Å². The molecule has 0 spiro atoms. The van der Waals surface area contributed by atoms with Gasteiger partial charge in [0.2, 0.25) is 5.91 Å². The number of carbonyl (C=O) groups is 1. The molecule has 0 atom stereocenters. The van der Waals surface area contributed by atoms with E-state index in [9.17, 15) is 4.79 Å². The van der Waals surface area contributed by atoms with E-state index in [4.69, 9.17) is 0 Å². The van der Waals surface area contributed by atoms with Crippen molar-refractivity contribution in [3.8, 4) is 0 Å². The van der Waals surface area contributed by atoms with Crippen LogP contribution in [0.2, 0.25) is 0 Å². The lowest BCUT2D eigenvalue weighted by Gasteiger charge is -2.32. The highest BCUT2D eigenvalue weighted by Crippen LogP contribution is 2.38. The molecule has 0 bridgehead atoms. The average Bonchev–Trinajstić information content (AvgIpc) is 2.04. The van der Waals surface area contributed by atoms with Gasteiger partial charge in [0.05, 0.1) is 0 Å². The zero-order chi connectivity index (χ0) is 9.73. The van der Waals surface area contributed by atoms with Crippen LogP contribution >= 0.6 is 0 Å². The maximum Gasteiger partial charge on any atom is 0.220 e. The van der Waals surface area contributed by atoms with Gasteiger partial charge in [0.15, 0.2) is 0 Å². The second kappa shape index (κ2) is 4.64. The predicted octanol–water partition coefficient (Wildman–Crippen LogP) is 2.48. The van der Waals surface area contributed by atoms with Crippen molar-refractivity contribution in [1.82, 2.24) is 5.32 Å². The number of carbonyl (C=O) groups excluding carboxylic acids is 1. The van der Waals surface area contributed by atoms with Crippen LogP contribution in [-0.2, 0) is 4.79 Å². The van der Waals surface area contributed by atoms with Gasteiger partial charge < -0.3 is 5.32 Å². The van der Waals surface area contributed by atoms with Crippen LogP contribution in [0.1, 0.15) is 52.4 Å². The molecular formula is C11H21NO. The highest BCUT2D eigenvalue weighted by molar-refractivity contribution is 5.76. The molecule has 0 heterocycles. The molecule has 0 aliphatic heterocycles. The Morgan fingerprint density at radius 3 is 2.46 bits per heavy atom. The largest absolute Gasteiger partial charge is 0.356 e. The van der Waals surface area contributed by atoms with Gasteiger partial charge in [-0.25, -0.2) is 0 Å². The Morgan fingerprint density at radius 2 is 1.92 bits per heavy atom. The van der Waals surface area contributed by atoms with Crippen molar-refractivity contribution < 1.29 is 4.79 Å². The van der Waals surface area contributed by atoms with Gasteiger partial charge in [-0.05, 0) is 25.2 Å². The van der Waals surface area contributed by atoms with E-state index in [1.54, 1.807) is 0 Å². The van der Waals surface area contributed by atoms with Gasteiger partial charge in [0.1, 0.15) is 0 Å². The summed E-state index contributed by atoms with van der Waals surface area (Å²) in [6.07, 6.45) is 7.13. The number of hydrogen-bond acceptors (Lipinski definition) is 1. The molecular weight excluding hydrogens is 162 g/mol. The van der Waals surface area contributed by atoms with Crippen LogP contribution in [0.25, 0.3) is 0 Å². The first-order valence-corrected chi connectivity index (χ1v) is 5.43. The standard InChI is InChI=1S/C11H21NO/c1-3-12-10(13)9-11(2)7-5-4-6-8-11/h3-9H2,1-2H3,(H,12,13). The highest BCUT2D eigenvalue weighted by atomic mass is 16.1. The second-order valence-electron chi connectivity index (χ2n) is 4.50. The van der Waals surface area contributed by atoms with Gasteiger partial charge in [-0.2, -0.15) is 0 Å². The molecule has 1 fully saturated rings. The molecule has 76 valence electrons. The average molecular weight is 183 g/mol. The molecule has 2 heteroatoms. The summed E-state index contributed by atoms with van der Waals surface area (Å²) in [5.41, 5.74) is 0.289. The quantitative estimate of drug-likeness (QED) is 0.715. The third-order valence-corrected chi connectivity index (χ3v) is 3.02. The van der Waals surface area contributed by atoms with Crippen LogP contribution in [0.5, 0.6) is 0 Å². The van der Waals surface area contributed by atoms with Crippen LogP contribution in [-0.4, -0.2) is 12.5 Å². The summed E-state index contributed by atoms with van der Waals surface area (Å²) in [6.45, 7) is 4.98. The maximum atomic E-state index is 11.4. The van der Waals surface area contributed by atoms with Crippen molar-refractivity contribution in [1.29, 1.82) is 0 Å². The summed E-state index contributed by atoms with van der Waals surface area (Å²) in [5, 5.41) is 2.88. The molecule has 1 amide bonds. The highest BCUT2D eigenvalue weighted by Gasteiger charge is 2.28. The number of rotatable bonds is 3. The van der Waals surface area contributed by atoms with Crippen LogP contribution in [0.4, 0.5) is 0 Å². The molecule has 0 aromatic carbocycles. The van der Waals surface area contributed by atoms with Crippen LogP contribution in [0, 0.1) is 5.41 Å². The molecule has 1 saturated carbocycles. The van der Waals surface area contributed by atoms with Gasteiger partial charge in [0, 0.05) is 13.0 Å². The molecule has 1 N–H and O–H groups in total. The summed E-state index contributed by atoms with van der Waals surface area (Å²) < 4.78 is 0. The summed E-state index contributed by atoms with van der Waals surface area (Å²) in [4.78, 5) is 11.4. The lowest BCUT2D eigenvalue weighted by Crippen LogP contribution is -2.31. The normalized spacial score (nSPS) is 21.1. The summed E-state index contributed by atoms with van der Waals surface area (Å²) in [6, 6.07) is 0. The molecule has 2 nitrogen and oxygen atoms in total. The summed E-state index contributed by atoms with van der Waals surface area (Å²) in [5.74, 6) is 0.229. The first kappa shape index (κ1) is 10.6. The van der Waals surface area contributed by atoms with Gasteiger partial charge in [-0.15, -0.1) is 0 Å².